The normalized spacial score (nSPS) is 16.1. The average Bonchev–Trinajstić information content (AvgIpc) is 3.13. The predicted octanol–water partition coefficient (Wildman–Crippen LogP) is 4.61. The number of H-pyrrole nitrogens is 2. The number of hydrogen-bond acceptors (Lipinski definition) is 5. The van der Waals surface area contributed by atoms with Crippen LogP contribution in [0.2, 0.25) is 0 Å². The lowest BCUT2D eigenvalue weighted by Crippen LogP contribution is -2.29. The molecule has 6 nitrogen and oxygen atoms in total. The van der Waals surface area contributed by atoms with Gasteiger partial charge in [-0.15, -0.1) is 0 Å². The zero-order chi connectivity index (χ0) is 19.1. The standard InChI is InChI=1S/C20H25N5OS/c1-10(2)7-14-16(11(3)4)17-18(21-9-22-19(17)24-14)23-12-5-6-13-15(8-12)27-20(26)25-13/h5-6,8-11,18,23-24H,7H2,1-4H3,(H,21,22)(H,25,26). The smallest absolute Gasteiger partial charge is 0.305 e. The van der Waals surface area contributed by atoms with Crippen molar-refractivity contribution in [3.05, 3.63) is 44.7 Å². The van der Waals surface area contributed by atoms with Gasteiger partial charge in [0, 0.05) is 16.9 Å². The number of nitrogens with zero attached hydrogens (tertiary/aromatic N) is 1. The Morgan fingerprint density at radius 2 is 2.04 bits per heavy atom. The molecule has 1 atom stereocenters. The average molecular weight is 384 g/mol. The summed E-state index contributed by atoms with van der Waals surface area (Å²) in [6.07, 6.45) is 2.68. The Morgan fingerprint density at radius 3 is 2.78 bits per heavy atom. The van der Waals surface area contributed by atoms with Gasteiger partial charge in [0.15, 0.2) is 0 Å². The molecule has 3 aromatic rings. The molecule has 0 fully saturated rings. The van der Waals surface area contributed by atoms with Crippen molar-refractivity contribution in [3.63, 3.8) is 0 Å². The number of thiazole rings is 1. The Hall–Kier alpha value is -2.54. The van der Waals surface area contributed by atoms with Gasteiger partial charge in [0.25, 0.3) is 0 Å². The molecule has 27 heavy (non-hydrogen) atoms. The maximum Gasteiger partial charge on any atom is 0.305 e. The Balaban J connectivity index is 1.72. The fourth-order valence-electron chi connectivity index (χ4n) is 3.77. The molecule has 4 rings (SSSR count). The molecule has 0 amide bonds. The number of rotatable bonds is 5. The van der Waals surface area contributed by atoms with E-state index in [0.29, 0.717) is 11.8 Å². The molecule has 1 unspecified atom stereocenters. The third kappa shape index (κ3) is 3.39. The van der Waals surface area contributed by atoms with Crippen molar-refractivity contribution in [1.82, 2.24) is 15.3 Å². The fraction of sp³-hybridized carbons (Fsp3) is 0.400. The molecule has 0 spiro atoms. The van der Waals surface area contributed by atoms with E-state index in [2.05, 4.69) is 53.3 Å². The van der Waals surface area contributed by atoms with Crippen molar-refractivity contribution >= 4 is 39.4 Å². The second-order valence-corrected chi connectivity index (χ2v) is 8.77. The van der Waals surface area contributed by atoms with E-state index in [9.17, 15) is 4.79 Å². The van der Waals surface area contributed by atoms with Crippen LogP contribution in [0.5, 0.6) is 0 Å². The fourth-order valence-corrected chi connectivity index (χ4v) is 4.54. The summed E-state index contributed by atoms with van der Waals surface area (Å²) in [6, 6.07) is 5.95. The first-order chi connectivity index (χ1) is 12.9. The van der Waals surface area contributed by atoms with Crippen LogP contribution in [-0.4, -0.2) is 16.3 Å². The van der Waals surface area contributed by atoms with Gasteiger partial charge < -0.3 is 20.6 Å². The van der Waals surface area contributed by atoms with Crippen LogP contribution in [-0.2, 0) is 6.42 Å². The molecule has 0 aliphatic carbocycles. The molecule has 0 radical (unpaired) electrons. The number of fused-ring (bicyclic) bond motifs is 2. The van der Waals surface area contributed by atoms with Gasteiger partial charge in [0.1, 0.15) is 12.0 Å². The van der Waals surface area contributed by atoms with Crippen molar-refractivity contribution in [3.8, 4) is 0 Å². The number of aromatic nitrogens is 2. The Bertz CT molecular complexity index is 1060. The van der Waals surface area contributed by atoms with Gasteiger partial charge in [0.2, 0.25) is 0 Å². The minimum atomic E-state index is -0.0693. The topological polar surface area (TPSA) is 85.1 Å². The zero-order valence-corrected chi connectivity index (χ0v) is 16.8. The molecule has 2 aromatic heterocycles. The van der Waals surface area contributed by atoms with Crippen molar-refractivity contribution in [1.29, 1.82) is 0 Å². The van der Waals surface area contributed by atoms with E-state index in [1.165, 1.54) is 28.2 Å². The molecular formula is C20H25N5OS. The minimum absolute atomic E-state index is 0.0292. The monoisotopic (exact) mass is 383 g/mol. The molecule has 1 aromatic carbocycles. The molecule has 142 valence electrons. The van der Waals surface area contributed by atoms with Crippen LogP contribution in [0.25, 0.3) is 10.2 Å². The highest BCUT2D eigenvalue weighted by Gasteiger charge is 2.28. The summed E-state index contributed by atoms with van der Waals surface area (Å²) in [6.45, 7) is 8.93. The quantitative estimate of drug-likeness (QED) is 0.519. The summed E-state index contributed by atoms with van der Waals surface area (Å²) in [7, 11) is 0. The first-order valence-electron chi connectivity index (χ1n) is 9.35. The van der Waals surface area contributed by atoms with E-state index in [1.807, 2.05) is 18.2 Å². The molecule has 4 N–H and O–H groups in total. The Labute approximate surface area is 162 Å². The van der Waals surface area contributed by atoms with E-state index >= 15 is 0 Å². The maximum absolute atomic E-state index is 11.6. The highest BCUT2D eigenvalue weighted by atomic mass is 32.1. The summed E-state index contributed by atoms with van der Waals surface area (Å²) in [4.78, 5) is 22.5. The van der Waals surface area contributed by atoms with Crippen molar-refractivity contribution < 1.29 is 0 Å². The summed E-state index contributed by atoms with van der Waals surface area (Å²) in [5.41, 5.74) is 5.64. The van der Waals surface area contributed by atoms with Crippen molar-refractivity contribution in [2.75, 3.05) is 5.32 Å². The predicted molar refractivity (Wildman–Crippen MR) is 114 cm³/mol. The summed E-state index contributed by atoms with van der Waals surface area (Å²) in [5, 5.41) is 6.92. The first kappa shape index (κ1) is 17.9. The van der Waals surface area contributed by atoms with Crippen LogP contribution >= 0.6 is 11.3 Å². The van der Waals surface area contributed by atoms with Crippen LogP contribution < -0.4 is 15.5 Å². The number of aromatic amines is 2. The second kappa shape index (κ2) is 6.88. The molecule has 0 bridgehead atoms. The molecule has 0 saturated heterocycles. The van der Waals surface area contributed by atoms with Crippen LogP contribution in [0, 0.1) is 5.92 Å². The number of hydrogen-bond donors (Lipinski definition) is 4. The van der Waals surface area contributed by atoms with Crippen LogP contribution in [0.4, 0.5) is 11.5 Å². The molecule has 0 saturated carbocycles. The van der Waals surface area contributed by atoms with Crippen molar-refractivity contribution in [2.24, 2.45) is 10.9 Å². The third-order valence-corrected chi connectivity index (χ3v) is 5.63. The largest absolute Gasteiger partial charge is 0.361 e. The van der Waals surface area contributed by atoms with E-state index in [1.54, 1.807) is 6.34 Å². The van der Waals surface area contributed by atoms with Gasteiger partial charge in [0.05, 0.1) is 16.6 Å². The number of aliphatic imine (C=N–C) groups is 1. The first-order valence-corrected chi connectivity index (χ1v) is 10.2. The minimum Gasteiger partial charge on any atom is -0.361 e. The molecule has 1 aliphatic rings. The zero-order valence-electron chi connectivity index (χ0n) is 16.0. The van der Waals surface area contributed by atoms with E-state index in [-0.39, 0.29) is 11.0 Å². The molecule has 1 aliphatic heterocycles. The van der Waals surface area contributed by atoms with Gasteiger partial charge in [-0.2, -0.15) is 0 Å². The van der Waals surface area contributed by atoms with E-state index in [0.717, 1.165) is 28.1 Å². The lowest BCUT2D eigenvalue weighted by Gasteiger charge is -2.25. The van der Waals surface area contributed by atoms with Gasteiger partial charge in [-0.25, -0.2) is 4.99 Å². The maximum atomic E-state index is 11.6. The molecular weight excluding hydrogens is 358 g/mol. The lowest BCUT2D eigenvalue weighted by atomic mass is 9.93. The van der Waals surface area contributed by atoms with Gasteiger partial charge in [-0.1, -0.05) is 39.0 Å². The number of nitrogens with one attached hydrogen (secondary N) is 4. The second-order valence-electron chi connectivity index (χ2n) is 7.76. The lowest BCUT2D eigenvalue weighted by molar-refractivity contribution is 0.627. The Morgan fingerprint density at radius 1 is 1.22 bits per heavy atom. The van der Waals surface area contributed by atoms with Crippen LogP contribution in [0.15, 0.2) is 28.0 Å². The molecule has 7 heteroatoms. The van der Waals surface area contributed by atoms with Gasteiger partial charge >= 0.3 is 4.87 Å². The van der Waals surface area contributed by atoms with Crippen molar-refractivity contribution in [2.45, 2.75) is 46.2 Å². The van der Waals surface area contributed by atoms with E-state index in [4.69, 9.17) is 0 Å². The number of anilines is 1. The summed E-state index contributed by atoms with van der Waals surface area (Å²) >= 11 is 1.23. The highest BCUT2D eigenvalue weighted by Crippen LogP contribution is 2.39. The SMILES string of the molecule is CC(C)Cc1[nH]c2c(c1C(C)C)C(Nc1ccc3[nH]c(=O)sc3c1)NC=N2. The molecule has 3 heterocycles. The van der Waals surface area contributed by atoms with E-state index < -0.39 is 0 Å². The van der Waals surface area contributed by atoms with Crippen LogP contribution in [0.3, 0.4) is 0 Å². The Kier molecular flexibility index (Phi) is 4.55. The third-order valence-electron chi connectivity index (χ3n) is 4.78. The summed E-state index contributed by atoms with van der Waals surface area (Å²) in [5.74, 6) is 1.90. The van der Waals surface area contributed by atoms with Gasteiger partial charge in [-0.3, -0.25) is 4.79 Å². The van der Waals surface area contributed by atoms with Gasteiger partial charge in [-0.05, 0) is 42.0 Å². The van der Waals surface area contributed by atoms with Crippen LogP contribution in [0.1, 0.15) is 56.6 Å². The number of benzene rings is 1. The summed E-state index contributed by atoms with van der Waals surface area (Å²) < 4.78 is 0.952. The highest BCUT2D eigenvalue weighted by molar-refractivity contribution is 7.16.